The fraction of sp³-hybridized carbons (Fsp3) is 0.510. The molecule has 6 aliphatic rings. The van der Waals surface area contributed by atoms with Crippen molar-refractivity contribution in [1.29, 1.82) is 0 Å². The number of methoxy groups -OCH3 is 2. The molecule has 3 aromatic rings. The predicted molar refractivity (Wildman–Crippen MR) is 249 cm³/mol. The van der Waals surface area contributed by atoms with Gasteiger partial charge in [0.1, 0.15) is 35.6 Å². The number of piperazine rings is 1. The molecule has 4 heterocycles. The maximum atomic E-state index is 14.7. The number of carbonyl (C=O) groups is 6. The summed E-state index contributed by atoms with van der Waals surface area (Å²) in [5, 5.41) is 39.6. The number of aliphatic hydroxyl groups is 1. The van der Waals surface area contributed by atoms with Crippen LogP contribution in [0, 0.1) is 0 Å². The van der Waals surface area contributed by atoms with Gasteiger partial charge >= 0.3 is 6.09 Å². The fourth-order valence-corrected chi connectivity index (χ4v) is 10.7. The number of ether oxygens (including phenoxy) is 7. The Morgan fingerprint density at radius 3 is 2.28 bits per heavy atom. The summed E-state index contributed by atoms with van der Waals surface area (Å²) in [6.45, 7) is 2.69. The summed E-state index contributed by atoms with van der Waals surface area (Å²) in [5.74, 6) is -4.72. The van der Waals surface area contributed by atoms with E-state index in [0.29, 0.717) is 24.4 Å². The summed E-state index contributed by atoms with van der Waals surface area (Å²) in [7, 11) is 2.87. The minimum atomic E-state index is -2.29. The molecule has 4 amide bonds. The van der Waals surface area contributed by atoms with Gasteiger partial charge in [-0.15, -0.1) is 0 Å². The summed E-state index contributed by atoms with van der Waals surface area (Å²) in [4.78, 5) is 85.0. The summed E-state index contributed by atoms with van der Waals surface area (Å²) in [6.07, 6.45) is -5.60. The summed E-state index contributed by atoms with van der Waals surface area (Å²) in [6, 6.07) is 8.89. The molecule has 4 aliphatic heterocycles. The Kier molecular flexibility index (Phi) is 14.3. The number of hydrogen-bond acceptors (Lipinski definition) is 19. The van der Waals surface area contributed by atoms with Crippen LogP contribution in [0.1, 0.15) is 87.2 Å². The van der Waals surface area contributed by atoms with E-state index >= 15 is 0 Å². The van der Waals surface area contributed by atoms with Crippen molar-refractivity contribution in [3.63, 3.8) is 0 Å². The molecule has 2 aliphatic carbocycles. The van der Waals surface area contributed by atoms with Crippen molar-refractivity contribution in [3.8, 4) is 17.2 Å². The zero-order chi connectivity index (χ0) is 51.3. The number of carbonyl (C=O) groups excluding carboxylic acids is 6. The van der Waals surface area contributed by atoms with Gasteiger partial charge in [0.25, 0.3) is 5.91 Å². The number of rotatable bonds is 13. The molecule has 1 unspecified atom stereocenters. The van der Waals surface area contributed by atoms with Crippen LogP contribution in [0.15, 0.2) is 42.5 Å². The van der Waals surface area contributed by atoms with Crippen LogP contribution >= 0.6 is 0 Å². The molecule has 0 bridgehead atoms. The molecule has 23 heteroatoms. The normalized spacial score (nSPS) is 27.6. The number of primary amides is 1. The van der Waals surface area contributed by atoms with Crippen molar-refractivity contribution < 1.29 is 77.2 Å². The van der Waals surface area contributed by atoms with E-state index in [1.807, 2.05) is 6.92 Å². The first-order valence-electron chi connectivity index (χ1n) is 23.8. The Morgan fingerprint density at radius 1 is 0.889 bits per heavy atom. The van der Waals surface area contributed by atoms with Crippen molar-refractivity contribution >= 4 is 41.1 Å². The van der Waals surface area contributed by atoms with E-state index in [-0.39, 0.29) is 86.1 Å². The fourth-order valence-electron chi connectivity index (χ4n) is 10.7. The number of morpholine rings is 1. The number of phenolic OH excluding ortho intramolecular Hbond substituents is 2. The largest absolute Gasteiger partial charge is 0.507 e. The number of nitrogens with zero attached hydrogens (tertiary/aromatic N) is 3. The van der Waals surface area contributed by atoms with Crippen LogP contribution in [-0.4, -0.2) is 174 Å². The van der Waals surface area contributed by atoms with Crippen LogP contribution in [-0.2, 0) is 55.8 Å². The van der Waals surface area contributed by atoms with Gasteiger partial charge in [-0.1, -0.05) is 24.3 Å². The van der Waals surface area contributed by atoms with Gasteiger partial charge in [-0.3, -0.25) is 28.9 Å². The van der Waals surface area contributed by atoms with Gasteiger partial charge in [-0.25, -0.2) is 4.79 Å². The number of phenols is 2. The van der Waals surface area contributed by atoms with Gasteiger partial charge in [0, 0.05) is 87.5 Å². The summed E-state index contributed by atoms with van der Waals surface area (Å²) >= 11 is 0. The highest BCUT2D eigenvalue weighted by Crippen LogP contribution is 2.53. The highest BCUT2D eigenvalue weighted by Gasteiger charge is 2.56. The predicted octanol–water partition coefficient (Wildman–Crippen LogP) is 0.490. The number of benzene rings is 3. The van der Waals surface area contributed by atoms with Crippen LogP contribution in [0.25, 0.3) is 0 Å². The van der Waals surface area contributed by atoms with Gasteiger partial charge in [-0.2, -0.15) is 0 Å². The molecule has 0 saturated carbocycles. The van der Waals surface area contributed by atoms with Crippen LogP contribution in [0.3, 0.4) is 0 Å². The van der Waals surface area contributed by atoms with Gasteiger partial charge in [0.05, 0.1) is 54.7 Å². The molecule has 3 aromatic carbocycles. The lowest BCUT2D eigenvalue weighted by atomic mass is 9.72. The quantitative estimate of drug-likeness (QED) is 0.0896. The average molecular weight is 1000 g/mol. The summed E-state index contributed by atoms with van der Waals surface area (Å²) < 4.78 is 41.7. The molecular formula is C49H59N7O16. The molecule has 4 fully saturated rings. The third kappa shape index (κ3) is 9.35. The maximum Gasteiger partial charge on any atom is 0.410 e. The first kappa shape index (κ1) is 50.7. The minimum absolute atomic E-state index is 0.0118. The second kappa shape index (κ2) is 20.3. The van der Waals surface area contributed by atoms with Crippen molar-refractivity contribution in [2.75, 3.05) is 58.9 Å². The number of hydrogen-bond donors (Lipinski definition) is 7. The van der Waals surface area contributed by atoms with Gasteiger partial charge < -0.3 is 80.8 Å². The van der Waals surface area contributed by atoms with Gasteiger partial charge in [-0.05, 0) is 43.5 Å². The molecule has 0 aromatic heterocycles. The molecule has 72 heavy (non-hydrogen) atoms. The van der Waals surface area contributed by atoms with E-state index in [1.54, 1.807) is 24.3 Å². The Balaban J connectivity index is 0.902. The average Bonchev–Trinajstić information content (AvgIpc) is 3.76. The number of fused-ring (bicyclic) bond motifs is 6. The zero-order valence-corrected chi connectivity index (χ0v) is 39.9. The Morgan fingerprint density at radius 2 is 1.58 bits per heavy atom. The standard InChI is InChI=1S/C49H59N7O16/c1-23-42-30(56-17-18-68-46(67-3)45(56)72-42)19-33(70-23)71-32-21-49(65,20-27-35(32)41(60)37-36(39(27)58)38(57)26-5-4-6-31(66-2)34(26)40(37)59)47(63)54-13-15-55(16-14-54)48(64)69-22-24-7-9-25(10-8-24)53-44(62)29(51)12-11-28(50)43(52)61/h4-10,23,28-30,32-33,42,45-46,58,60,65H,11-22,50-51H2,1-3H3,(H2,52,61)(H,53,62)/t23-,28?,29-,30-,32-,33-,42+,45+,46-,49-/m0/s1. The number of anilines is 1. The van der Waals surface area contributed by atoms with Crippen molar-refractivity contribution in [3.05, 3.63) is 81.4 Å². The SMILES string of the molecule is COc1cccc2c1C(=O)c1c(O)c3c(c(O)c1C2=O)C[C@@](O)(C(=O)N1CCN(C(=O)OCc2ccc(NC(=O)[C@@H](N)CCC(N)C(N)=O)cc2)CC1)C[C@@H]3O[C@H]1C[C@H]2[C@H](O[C@@H]3[C@@H](OC)OCCN32)[C@H](C)O1. The van der Waals surface area contributed by atoms with Crippen LogP contribution < -0.4 is 27.3 Å². The molecule has 0 radical (unpaired) electrons. The number of nitrogens with one attached hydrogen (secondary N) is 1. The second-order valence-electron chi connectivity index (χ2n) is 18.9. The lowest BCUT2D eigenvalue weighted by Crippen LogP contribution is -2.59. The van der Waals surface area contributed by atoms with Crippen LogP contribution in [0.4, 0.5) is 10.5 Å². The lowest BCUT2D eigenvalue weighted by Gasteiger charge is -2.45. The molecular weight excluding hydrogens is 943 g/mol. The highest BCUT2D eigenvalue weighted by molar-refractivity contribution is 6.31. The molecule has 10 atom stereocenters. The lowest BCUT2D eigenvalue weighted by molar-refractivity contribution is -0.256. The maximum absolute atomic E-state index is 14.7. The second-order valence-corrected chi connectivity index (χ2v) is 18.9. The van der Waals surface area contributed by atoms with Gasteiger partial charge in [0.15, 0.2) is 24.6 Å². The van der Waals surface area contributed by atoms with E-state index in [9.17, 15) is 44.1 Å². The Labute approximate surface area is 413 Å². The van der Waals surface area contributed by atoms with Crippen LogP contribution in [0.2, 0.25) is 0 Å². The van der Waals surface area contributed by atoms with Crippen molar-refractivity contribution in [1.82, 2.24) is 14.7 Å². The highest BCUT2D eigenvalue weighted by atomic mass is 16.7. The minimum Gasteiger partial charge on any atom is -0.507 e. The molecule has 4 saturated heterocycles. The third-order valence-corrected chi connectivity index (χ3v) is 14.5. The Hall–Kier alpha value is -6.28. The topological polar surface area (TPSA) is 328 Å². The smallest absolute Gasteiger partial charge is 0.410 e. The number of ketones is 2. The molecule has 23 nitrogen and oxygen atoms in total. The molecule has 9 rings (SSSR count). The van der Waals surface area contributed by atoms with E-state index in [4.69, 9.17) is 50.4 Å². The first-order valence-corrected chi connectivity index (χ1v) is 23.8. The monoisotopic (exact) mass is 1000 g/mol. The van der Waals surface area contributed by atoms with Gasteiger partial charge in [0.2, 0.25) is 17.6 Å². The summed E-state index contributed by atoms with van der Waals surface area (Å²) in [5.41, 5.74) is 14.2. The zero-order valence-electron chi connectivity index (χ0n) is 39.9. The first-order chi connectivity index (χ1) is 34.4. The van der Waals surface area contributed by atoms with Crippen molar-refractivity contribution in [2.45, 2.75) is 106 Å². The van der Waals surface area contributed by atoms with E-state index < -0.39 is 126 Å². The molecule has 0 spiro atoms. The van der Waals surface area contributed by atoms with E-state index in [1.165, 1.54) is 42.2 Å². The molecule has 10 N–H and O–H groups in total. The van der Waals surface area contributed by atoms with Crippen LogP contribution in [0.5, 0.6) is 17.2 Å². The Bertz CT molecular complexity index is 2640. The number of amides is 4. The van der Waals surface area contributed by atoms with E-state index in [2.05, 4.69) is 10.2 Å². The number of aromatic hydroxyl groups is 2. The molecule has 386 valence electrons. The van der Waals surface area contributed by atoms with Crippen molar-refractivity contribution in [2.24, 2.45) is 17.2 Å². The third-order valence-electron chi connectivity index (χ3n) is 14.5. The van der Waals surface area contributed by atoms with E-state index in [0.717, 1.165) is 0 Å². The number of nitrogens with two attached hydrogens (primary N) is 3.